The standard InChI is InChI=1S/C26H31ClN2O6/c1-5-12-28(20-16(3)8-7-9-17(20)27)23(32)21-26-11-10-25(4,35-26)19(24(33)34-15-6-2)18(26)22(31)29(21)13-14-30/h5-9,18-19,21,30H,1-2,10-15H2,3-4H3/t18-,19-,21?,25+,26?/m0/s1. The number of likely N-dealkylation sites (tertiary alicyclic amines) is 1. The maximum atomic E-state index is 14.3. The van der Waals surface area contributed by atoms with Crippen molar-refractivity contribution < 1.29 is 29.0 Å². The summed E-state index contributed by atoms with van der Waals surface area (Å²) in [6.45, 7) is 10.8. The van der Waals surface area contributed by atoms with Gasteiger partial charge in [0, 0.05) is 13.1 Å². The molecule has 1 spiro atoms. The number of halogens is 1. The molecule has 2 amide bonds. The number of fused-ring (bicyclic) bond motifs is 1. The molecule has 3 fully saturated rings. The van der Waals surface area contributed by atoms with Gasteiger partial charge in [-0.15, -0.1) is 6.58 Å². The Balaban J connectivity index is 1.81. The lowest BCUT2D eigenvalue weighted by molar-refractivity contribution is -0.158. The maximum Gasteiger partial charge on any atom is 0.313 e. The highest BCUT2D eigenvalue weighted by Crippen LogP contribution is 2.63. The number of ether oxygens (including phenoxy) is 2. The Labute approximate surface area is 210 Å². The van der Waals surface area contributed by atoms with Gasteiger partial charge in [0.25, 0.3) is 5.91 Å². The second kappa shape index (κ2) is 9.41. The van der Waals surface area contributed by atoms with E-state index in [0.29, 0.717) is 23.6 Å². The van der Waals surface area contributed by atoms with E-state index in [1.165, 1.54) is 15.9 Å². The summed E-state index contributed by atoms with van der Waals surface area (Å²) in [4.78, 5) is 44.0. The van der Waals surface area contributed by atoms with Crippen molar-refractivity contribution in [1.29, 1.82) is 0 Å². The molecule has 0 saturated carbocycles. The van der Waals surface area contributed by atoms with Gasteiger partial charge in [-0.05, 0) is 38.3 Å². The Kier molecular flexibility index (Phi) is 6.83. The van der Waals surface area contributed by atoms with Gasteiger partial charge in [-0.25, -0.2) is 0 Å². The molecule has 0 aromatic heterocycles. The number of hydrogen-bond acceptors (Lipinski definition) is 6. The van der Waals surface area contributed by atoms with E-state index in [1.54, 1.807) is 25.1 Å². The minimum Gasteiger partial charge on any atom is -0.461 e. The van der Waals surface area contributed by atoms with Crippen LogP contribution in [-0.4, -0.2) is 71.3 Å². The predicted molar refractivity (Wildman–Crippen MR) is 131 cm³/mol. The molecule has 3 aliphatic heterocycles. The molecule has 1 N–H and O–H groups in total. The molecule has 2 bridgehead atoms. The van der Waals surface area contributed by atoms with Crippen LogP contribution >= 0.6 is 11.6 Å². The second-order valence-electron chi connectivity index (χ2n) is 9.54. The quantitative estimate of drug-likeness (QED) is 0.412. The zero-order valence-corrected chi connectivity index (χ0v) is 20.8. The summed E-state index contributed by atoms with van der Waals surface area (Å²) in [5.41, 5.74) is -0.846. The summed E-state index contributed by atoms with van der Waals surface area (Å²) in [6.07, 6.45) is 3.97. The smallest absolute Gasteiger partial charge is 0.313 e. The third-order valence-corrected chi connectivity index (χ3v) is 7.79. The fourth-order valence-corrected chi connectivity index (χ4v) is 6.50. The highest BCUT2D eigenvalue weighted by Gasteiger charge is 2.78. The molecule has 3 aliphatic rings. The van der Waals surface area contributed by atoms with Crippen LogP contribution in [0.1, 0.15) is 25.3 Å². The Morgan fingerprint density at radius 1 is 1.34 bits per heavy atom. The number of esters is 1. The van der Waals surface area contributed by atoms with Gasteiger partial charge < -0.3 is 24.4 Å². The summed E-state index contributed by atoms with van der Waals surface area (Å²) in [6, 6.07) is 4.30. The number of nitrogens with zero attached hydrogens (tertiary/aromatic N) is 2. The minimum atomic E-state index is -1.22. The minimum absolute atomic E-state index is 0.0148. The van der Waals surface area contributed by atoms with Crippen molar-refractivity contribution >= 4 is 35.1 Å². The monoisotopic (exact) mass is 502 g/mol. The lowest BCUT2D eigenvalue weighted by Gasteiger charge is -2.37. The van der Waals surface area contributed by atoms with Crippen molar-refractivity contribution in [3.05, 3.63) is 54.1 Å². The molecule has 5 atom stereocenters. The summed E-state index contributed by atoms with van der Waals surface area (Å²) >= 11 is 6.51. The topological polar surface area (TPSA) is 96.4 Å². The van der Waals surface area contributed by atoms with E-state index in [2.05, 4.69) is 13.2 Å². The van der Waals surface area contributed by atoms with E-state index < -0.39 is 46.9 Å². The largest absolute Gasteiger partial charge is 0.461 e. The Bertz CT molecular complexity index is 1060. The van der Waals surface area contributed by atoms with Gasteiger partial charge in [-0.3, -0.25) is 14.4 Å². The number of amides is 2. The van der Waals surface area contributed by atoms with Crippen molar-refractivity contribution in [2.75, 3.05) is 31.2 Å². The van der Waals surface area contributed by atoms with Crippen LogP contribution < -0.4 is 4.90 Å². The molecule has 2 unspecified atom stereocenters. The Hall–Kier alpha value is -2.68. The Morgan fingerprint density at radius 3 is 2.71 bits per heavy atom. The number of β-amino-alcohol motifs (C(OH)–C–C–N with tert-alkyl or cyclic N) is 1. The van der Waals surface area contributed by atoms with Crippen LogP contribution in [0.5, 0.6) is 0 Å². The van der Waals surface area contributed by atoms with Gasteiger partial charge in [0.05, 0.1) is 28.8 Å². The maximum absolute atomic E-state index is 14.3. The zero-order chi connectivity index (χ0) is 25.5. The van der Waals surface area contributed by atoms with Gasteiger partial charge in [-0.2, -0.15) is 0 Å². The summed E-state index contributed by atoms with van der Waals surface area (Å²) in [5.74, 6) is -3.09. The molecule has 3 saturated heterocycles. The highest BCUT2D eigenvalue weighted by molar-refractivity contribution is 6.34. The third kappa shape index (κ3) is 3.79. The van der Waals surface area contributed by atoms with E-state index in [-0.39, 0.29) is 26.3 Å². The first kappa shape index (κ1) is 25.4. The van der Waals surface area contributed by atoms with Gasteiger partial charge >= 0.3 is 5.97 Å². The first-order valence-corrected chi connectivity index (χ1v) is 12.1. The van der Waals surface area contributed by atoms with Gasteiger partial charge in [0.1, 0.15) is 24.2 Å². The van der Waals surface area contributed by atoms with Crippen molar-refractivity contribution in [1.82, 2.24) is 4.90 Å². The van der Waals surface area contributed by atoms with Crippen LogP contribution in [0.3, 0.4) is 0 Å². The Morgan fingerprint density at radius 2 is 2.09 bits per heavy atom. The van der Waals surface area contributed by atoms with E-state index in [0.717, 1.165) is 5.56 Å². The van der Waals surface area contributed by atoms with Crippen molar-refractivity contribution in [3.8, 4) is 0 Å². The fourth-order valence-electron chi connectivity index (χ4n) is 6.17. The van der Waals surface area contributed by atoms with E-state index in [4.69, 9.17) is 21.1 Å². The molecule has 1 aromatic rings. The number of anilines is 1. The number of carbonyl (C=O) groups is 3. The second-order valence-corrected chi connectivity index (χ2v) is 9.95. The van der Waals surface area contributed by atoms with Crippen molar-refractivity contribution in [3.63, 3.8) is 0 Å². The summed E-state index contributed by atoms with van der Waals surface area (Å²) in [5, 5.41) is 10.2. The van der Waals surface area contributed by atoms with Crippen LogP contribution in [0.4, 0.5) is 5.69 Å². The van der Waals surface area contributed by atoms with E-state index >= 15 is 0 Å². The van der Waals surface area contributed by atoms with Crippen molar-refractivity contribution in [2.24, 2.45) is 11.8 Å². The number of rotatable bonds is 9. The van der Waals surface area contributed by atoms with Crippen LogP contribution in [0, 0.1) is 18.8 Å². The van der Waals surface area contributed by atoms with Gasteiger partial charge in [0.2, 0.25) is 5.91 Å². The molecule has 0 aliphatic carbocycles. The molecule has 4 rings (SSSR count). The normalized spacial score (nSPS) is 30.8. The lowest BCUT2D eigenvalue weighted by atomic mass is 9.66. The first-order valence-electron chi connectivity index (χ1n) is 11.7. The molecular formula is C26H31ClN2O6. The van der Waals surface area contributed by atoms with Crippen LogP contribution in [0.15, 0.2) is 43.5 Å². The number of carbonyl (C=O) groups excluding carboxylic acids is 3. The molecule has 188 valence electrons. The van der Waals surface area contributed by atoms with E-state index in [1.807, 2.05) is 13.0 Å². The molecule has 8 nitrogen and oxygen atoms in total. The number of para-hydroxylation sites is 1. The number of aliphatic hydroxyl groups is 1. The SMILES string of the molecule is C=CCOC(=O)[C@@H]1[C@H]2C(=O)N(CCO)C(C(=O)N(CC=C)c3c(C)cccc3Cl)C23CC[C@@]1(C)O3. The van der Waals surface area contributed by atoms with Gasteiger partial charge in [-0.1, -0.05) is 42.5 Å². The first-order chi connectivity index (χ1) is 16.7. The van der Waals surface area contributed by atoms with Crippen molar-refractivity contribution in [2.45, 2.75) is 43.9 Å². The predicted octanol–water partition coefficient (Wildman–Crippen LogP) is 2.65. The number of aliphatic hydroxyl groups excluding tert-OH is 1. The fraction of sp³-hybridized carbons (Fsp3) is 0.500. The molecule has 0 radical (unpaired) electrons. The number of benzene rings is 1. The molecule has 3 heterocycles. The zero-order valence-electron chi connectivity index (χ0n) is 20.0. The van der Waals surface area contributed by atoms with Crippen LogP contribution in [0.2, 0.25) is 5.02 Å². The third-order valence-electron chi connectivity index (χ3n) is 7.48. The summed E-state index contributed by atoms with van der Waals surface area (Å²) < 4.78 is 11.9. The molecule has 35 heavy (non-hydrogen) atoms. The molecule has 9 heteroatoms. The van der Waals surface area contributed by atoms with Crippen LogP contribution in [-0.2, 0) is 23.9 Å². The molecule has 1 aromatic carbocycles. The highest BCUT2D eigenvalue weighted by atomic mass is 35.5. The van der Waals surface area contributed by atoms with Gasteiger partial charge in [0.15, 0.2) is 0 Å². The average Bonchev–Trinajstić information content (AvgIpc) is 3.38. The lowest BCUT2D eigenvalue weighted by Crippen LogP contribution is -2.57. The van der Waals surface area contributed by atoms with E-state index in [9.17, 15) is 19.5 Å². The van der Waals surface area contributed by atoms with Crippen LogP contribution in [0.25, 0.3) is 0 Å². The number of hydrogen-bond donors (Lipinski definition) is 1. The average molecular weight is 503 g/mol. The summed E-state index contributed by atoms with van der Waals surface area (Å²) in [7, 11) is 0. The number of aryl methyl sites for hydroxylation is 1. The molecular weight excluding hydrogens is 472 g/mol.